The molecule has 3 N–H and O–H groups in total. The molecule has 8 heterocycles. The lowest BCUT2D eigenvalue weighted by molar-refractivity contribution is 0.279. The second-order valence-electron chi connectivity index (χ2n) is 15.9. The molecule has 12 heteroatoms. The number of pyridine rings is 2. The molecular formula is C44H48N10O2. The van der Waals surface area contributed by atoms with Crippen LogP contribution < -0.4 is 29.9 Å². The molecule has 12 nitrogen and oxygen atoms in total. The third-order valence-corrected chi connectivity index (χ3v) is 12.1. The number of aromatic nitrogens is 6. The molecule has 4 aliphatic heterocycles. The van der Waals surface area contributed by atoms with Gasteiger partial charge in [0.05, 0.1) is 17.6 Å². The Balaban J connectivity index is 0.885. The Hall–Kier alpha value is -5.72. The van der Waals surface area contributed by atoms with Crippen molar-refractivity contribution in [2.75, 3.05) is 29.9 Å². The lowest BCUT2D eigenvalue weighted by Gasteiger charge is -2.44. The lowest BCUT2D eigenvalue weighted by Crippen LogP contribution is -2.57. The van der Waals surface area contributed by atoms with Crippen LogP contribution in [0.4, 0.5) is 11.6 Å². The largest absolute Gasteiger partial charge is 0.487 e. The highest BCUT2D eigenvalue weighted by atomic mass is 16.5. The van der Waals surface area contributed by atoms with Gasteiger partial charge < -0.3 is 29.9 Å². The van der Waals surface area contributed by atoms with Crippen LogP contribution >= 0.6 is 0 Å². The van der Waals surface area contributed by atoms with Crippen molar-refractivity contribution in [1.82, 2.24) is 40.6 Å². The zero-order valence-corrected chi connectivity index (χ0v) is 32.2. The van der Waals surface area contributed by atoms with E-state index in [0.717, 1.165) is 101 Å². The summed E-state index contributed by atoms with van der Waals surface area (Å²) in [5.41, 5.74) is 9.74. The highest BCUT2D eigenvalue weighted by Crippen LogP contribution is 2.41. The van der Waals surface area contributed by atoms with Crippen LogP contribution in [0, 0.1) is 0 Å². The number of aromatic amines is 1. The van der Waals surface area contributed by atoms with E-state index in [-0.39, 0.29) is 6.04 Å². The van der Waals surface area contributed by atoms with Gasteiger partial charge in [0.15, 0.2) is 0 Å². The van der Waals surface area contributed by atoms with Crippen molar-refractivity contribution in [2.45, 2.75) is 83.0 Å². The average molecular weight is 749 g/mol. The van der Waals surface area contributed by atoms with Crippen LogP contribution in [0.25, 0.3) is 39.1 Å². The monoisotopic (exact) mass is 748 g/mol. The topological polar surface area (TPSA) is 121 Å². The summed E-state index contributed by atoms with van der Waals surface area (Å²) in [6.45, 7) is 7.42. The van der Waals surface area contributed by atoms with Crippen LogP contribution in [0.3, 0.4) is 0 Å². The van der Waals surface area contributed by atoms with E-state index in [1.54, 1.807) is 6.20 Å². The molecule has 10 rings (SSSR count). The second-order valence-corrected chi connectivity index (χ2v) is 15.9. The smallest absolute Gasteiger partial charge is 0.223 e. The maximum Gasteiger partial charge on any atom is 0.223 e. The van der Waals surface area contributed by atoms with Crippen LogP contribution in [0.2, 0.25) is 0 Å². The average Bonchev–Trinajstić information content (AvgIpc) is 3.98. The highest BCUT2D eigenvalue weighted by molar-refractivity contribution is 5.78. The van der Waals surface area contributed by atoms with Gasteiger partial charge in [-0.05, 0) is 111 Å². The quantitative estimate of drug-likeness (QED) is 0.154. The minimum Gasteiger partial charge on any atom is -0.487 e. The van der Waals surface area contributed by atoms with Gasteiger partial charge in [-0.3, -0.25) is 5.10 Å². The van der Waals surface area contributed by atoms with Gasteiger partial charge in [-0.1, -0.05) is 12.1 Å². The van der Waals surface area contributed by atoms with Crippen LogP contribution in [0.5, 0.6) is 11.6 Å². The number of hydrogen-bond acceptors (Lipinski definition) is 10. The van der Waals surface area contributed by atoms with Gasteiger partial charge in [0, 0.05) is 90.7 Å². The SMILES string of the molecule is CC1CC(N(CC2CC(N(C)c3ccc4c(n3)OCc3cc(-c5cn[nH]c5)ccc3-4)CC(C)N2)c2ccc3c(n2)COc2cc(-n4cccn4)ccc2-3)CCN1. The summed E-state index contributed by atoms with van der Waals surface area (Å²) in [6, 6.07) is 25.3. The van der Waals surface area contributed by atoms with Gasteiger partial charge in [0.25, 0.3) is 0 Å². The normalized spacial score (nSPS) is 22.4. The molecule has 4 aliphatic rings. The fraction of sp³-hybridized carbons (Fsp3) is 0.364. The van der Waals surface area contributed by atoms with Gasteiger partial charge in [-0.15, -0.1) is 0 Å². The molecule has 0 saturated carbocycles. The molecule has 0 aliphatic carbocycles. The molecule has 4 aromatic heterocycles. The summed E-state index contributed by atoms with van der Waals surface area (Å²) in [6.07, 6.45) is 11.7. The fourth-order valence-electron chi connectivity index (χ4n) is 9.28. The Labute approximate surface area is 327 Å². The fourth-order valence-corrected chi connectivity index (χ4v) is 9.28. The zero-order chi connectivity index (χ0) is 37.8. The molecule has 2 fully saturated rings. The molecule has 6 aromatic rings. The maximum atomic E-state index is 6.34. The number of benzene rings is 2. The Bertz CT molecular complexity index is 2340. The van der Waals surface area contributed by atoms with E-state index in [2.05, 4.69) is 117 Å². The van der Waals surface area contributed by atoms with Crippen LogP contribution in [-0.2, 0) is 13.2 Å². The molecule has 0 radical (unpaired) electrons. The summed E-state index contributed by atoms with van der Waals surface area (Å²) >= 11 is 0. The predicted molar refractivity (Wildman–Crippen MR) is 218 cm³/mol. The first-order valence-electron chi connectivity index (χ1n) is 20.0. The van der Waals surface area contributed by atoms with Crippen molar-refractivity contribution >= 4 is 11.6 Å². The number of piperidine rings is 2. The Kier molecular flexibility index (Phi) is 8.94. The van der Waals surface area contributed by atoms with Crippen LogP contribution in [-0.4, -0.2) is 80.3 Å². The van der Waals surface area contributed by atoms with E-state index in [1.165, 1.54) is 5.56 Å². The number of anilines is 2. The van der Waals surface area contributed by atoms with Gasteiger partial charge in [-0.25, -0.2) is 9.67 Å². The van der Waals surface area contributed by atoms with E-state index in [0.29, 0.717) is 43.3 Å². The molecule has 286 valence electrons. The minimum absolute atomic E-state index is 0.275. The first-order chi connectivity index (χ1) is 27.4. The van der Waals surface area contributed by atoms with Gasteiger partial charge in [0.2, 0.25) is 5.88 Å². The molecule has 5 atom stereocenters. The first kappa shape index (κ1) is 34.7. The molecule has 5 unspecified atom stereocenters. The van der Waals surface area contributed by atoms with Gasteiger partial charge in [-0.2, -0.15) is 15.2 Å². The number of hydrogen-bond donors (Lipinski definition) is 3. The van der Waals surface area contributed by atoms with Crippen molar-refractivity contribution in [2.24, 2.45) is 0 Å². The number of rotatable bonds is 8. The Morgan fingerprint density at radius 3 is 2.54 bits per heavy atom. The number of nitrogens with zero attached hydrogens (tertiary/aromatic N) is 7. The second kappa shape index (κ2) is 14.4. The molecule has 2 aromatic carbocycles. The van der Waals surface area contributed by atoms with Crippen molar-refractivity contribution in [3.05, 3.63) is 103 Å². The van der Waals surface area contributed by atoms with E-state index in [4.69, 9.17) is 19.4 Å². The Morgan fingerprint density at radius 2 is 1.68 bits per heavy atom. The number of ether oxygens (including phenoxy) is 2. The summed E-state index contributed by atoms with van der Waals surface area (Å²) in [7, 11) is 2.19. The summed E-state index contributed by atoms with van der Waals surface area (Å²) < 4.78 is 14.5. The van der Waals surface area contributed by atoms with E-state index in [1.807, 2.05) is 29.3 Å². The van der Waals surface area contributed by atoms with Crippen molar-refractivity contribution in [3.8, 4) is 50.7 Å². The third-order valence-electron chi connectivity index (χ3n) is 12.1. The lowest BCUT2D eigenvalue weighted by atomic mass is 9.91. The molecule has 0 spiro atoms. The van der Waals surface area contributed by atoms with Gasteiger partial charge in [0.1, 0.15) is 30.6 Å². The predicted octanol–water partition coefficient (Wildman–Crippen LogP) is 6.76. The molecule has 0 amide bonds. The van der Waals surface area contributed by atoms with Crippen molar-refractivity contribution in [1.29, 1.82) is 0 Å². The summed E-state index contributed by atoms with van der Waals surface area (Å²) in [4.78, 5) is 15.4. The van der Waals surface area contributed by atoms with E-state index < -0.39 is 0 Å². The van der Waals surface area contributed by atoms with Crippen molar-refractivity contribution < 1.29 is 9.47 Å². The van der Waals surface area contributed by atoms with Crippen molar-refractivity contribution in [3.63, 3.8) is 0 Å². The highest BCUT2D eigenvalue weighted by Gasteiger charge is 2.34. The molecule has 56 heavy (non-hydrogen) atoms. The summed E-state index contributed by atoms with van der Waals surface area (Å²) in [5, 5.41) is 19.1. The summed E-state index contributed by atoms with van der Waals surface area (Å²) in [5.74, 6) is 3.53. The molecule has 2 saturated heterocycles. The maximum absolute atomic E-state index is 6.34. The van der Waals surface area contributed by atoms with Gasteiger partial charge >= 0.3 is 0 Å². The third kappa shape index (κ3) is 6.56. The number of nitrogens with one attached hydrogen (secondary N) is 3. The standard InChI is InChI=1S/C44H48N10O2/c1-27-17-33(13-15-45-27)53(43-12-9-37-38-8-6-34(54-16-4-14-48-54)21-41(38)55-26-40(37)50-43)24-32-20-35(18-28(2)49-32)52(3)42-11-10-39-36-7-5-29(31-22-46-47-23-31)19-30(36)25-56-44(39)51-42/h4-12,14,16,19,21-23,27-28,32-33,35,45,49H,13,15,17-18,20,24-26H2,1-3H3,(H,46,47). The number of fused-ring (bicyclic) bond motifs is 6. The van der Waals surface area contributed by atoms with E-state index in [9.17, 15) is 0 Å². The zero-order valence-electron chi connectivity index (χ0n) is 32.2. The van der Waals surface area contributed by atoms with Crippen LogP contribution in [0.1, 0.15) is 50.8 Å². The van der Waals surface area contributed by atoms with Crippen LogP contribution in [0.15, 0.2) is 91.5 Å². The molecule has 0 bridgehead atoms. The van der Waals surface area contributed by atoms with E-state index >= 15 is 0 Å². The first-order valence-corrected chi connectivity index (χ1v) is 20.0. The molecular weight excluding hydrogens is 701 g/mol. The Morgan fingerprint density at radius 1 is 0.821 bits per heavy atom. The number of H-pyrrole nitrogens is 1. The minimum atomic E-state index is 0.275.